The molecule has 2 heterocycles. The first-order chi connectivity index (χ1) is 13.1. The number of halogens is 1. The molecule has 1 aliphatic heterocycles. The highest BCUT2D eigenvalue weighted by molar-refractivity contribution is 6.32. The molecule has 136 valence electrons. The highest BCUT2D eigenvalue weighted by Gasteiger charge is 2.16. The second-order valence-electron chi connectivity index (χ2n) is 5.80. The molecule has 4 rings (SSSR count). The van der Waals surface area contributed by atoms with Crippen molar-refractivity contribution in [1.29, 1.82) is 0 Å². The molecule has 8 heteroatoms. The number of carbonyl (C=O) groups is 1. The monoisotopic (exact) mass is 382 g/mol. The highest BCUT2D eigenvalue weighted by Crippen LogP contribution is 2.32. The number of ether oxygens (including phenoxy) is 2. The lowest BCUT2D eigenvalue weighted by molar-refractivity contribution is 0.0954. The van der Waals surface area contributed by atoms with E-state index in [2.05, 4.69) is 15.6 Å². The number of benzene rings is 2. The Labute approximate surface area is 160 Å². The van der Waals surface area contributed by atoms with Crippen LogP contribution in [0.3, 0.4) is 0 Å². The van der Waals surface area contributed by atoms with Crippen LogP contribution in [0.1, 0.15) is 21.6 Å². The molecule has 0 saturated carbocycles. The Balaban J connectivity index is 1.50. The first kappa shape index (κ1) is 17.1. The van der Waals surface area contributed by atoms with Crippen LogP contribution in [0.4, 0.5) is 0 Å². The average molecular weight is 383 g/mol. The SMILES string of the molecule is Cc1nn(-c2ccccc2)c(Cl)c1/C=N/NC(=O)c1ccc2c(c1)OCO2. The lowest BCUT2D eigenvalue weighted by Gasteiger charge is -2.02. The summed E-state index contributed by atoms with van der Waals surface area (Å²) in [5.41, 5.74) is 5.07. The van der Waals surface area contributed by atoms with E-state index >= 15 is 0 Å². The number of nitrogens with zero attached hydrogens (tertiary/aromatic N) is 3. The zero-order valence-corrected chi connectivity index (χ0v) is 15.1. The van der Waals surface area contributed by atoms with Gasteiger partial charge >= 0.3 is 0 Å². The van der Waals surface area contributed by atoms with Crippen LogP contribution in [0.15, 0.2) is 53.6 Å². The van der Waals surface area contributed by atoms with E-state index in [0.29, 0.717) is 33.5 Å². The third-order valence-electron chi connectivity index (χ3n) is 4.04. The number of aromatic nitrogens is 2. The van der Waals surface area contributed by atoms with Crippen LogP contribution in [-0.4, -0.2) is 28.7 Å². The molecule has 0 spiro atoms. The number of fused-ring (bicyclic) bond motifs is 1. The van der Waals surface area contributed by atoms with Gasteiger partial charge in [-0.2, -0.15) is 10.2 Å². The minimum absolute atomic E-state index is 0.155. The van der Waals surface area contributed by atoms with Crippen molar-refractivity contribution >= 4 is 23.7 Å². The van der Waals surface area contributed by atoms with Gasteiger partial charge in [-0.1, -0.05) is 29.8 Å². The van der Waals surface area contributed by atoms with E-state index in [1.54, 1.807) is 22.9 Å². The Morgan fingerprint density at radius 2 is 2.00 bits per heavy atom. The number of hydrazone groups is 1. The predicted molar refractivity (Wildman–Crippen MR) is 101 cm³/mol. The van der Waals surface area contributed by atoms with Gasteiger partial charge in [0.1, 0.15) is 5.15 Å². The van der Waals surface area contributed by atoms with Crippen LogP contribution in [0.5, 0.6) is 11.5 Å². The van der Waals surface area contributed by atoms with Gasteiger partial charge in [0, 0.05) is 5.56 Å². The summed E-state index contributed by atoms with van der Waals surface area (Å²) < 4.78 is 12.1. The molecule has 0 saturated heterocycles. The van der Waals surface area contributed by atoms with Crippen LogP contribution in [0.25, 0.3) is 5.69 Å². The first-order valence-corrected chi connectivity index (χ1v) is 8.55. The van der Waals surface area contributed by atoms with Crippen LogP contribution in [0, 0.1) is 6.92 Å². The zero-order valence-electron chi connectivity index (χ0n) is 14.3. The molecule has 0 bridgehead atoms. The van der Waals surface area contributed by atoms with Crippen LogP contribution >= 0.6 is 11.6 Å². The quantitative estimate of drug-likeness (QED) is 0.554. The van der Waals surface area contributed by atoms with E-state index in [1.807, 2.05) is 37.3 Å². The fourth-order valence-electron chi connectivity index (χ4n) is 2.66. The van der Waals surface area contributed by atoms with E-state index in [0.717, 1.165) is 5.69 Å². The maximum atomic E-state index is 12.3. The molecule has 7 nitrogen and oxygen atoms in total. The fourth-order valence-corrected chi connectivity index (χ4v) is 2.98. The van der Waals surface area contributed by atoms with Gasteiger partial charge < -0.3 is 9.47 Å². The van der Waals surface area contributed by atoms with Crippen molar-refractivity contribution in [2.45, 2.75) is 6.92 Å². The molecule has 0 aliphatic carbocycles. The Morgan fingerprint density at radius 3 is 2.81 bits per heavy atom. The van der Waals surface area contributed by atoms with E-state index < -0.39 is 0 Å². The van der Waals surface area contributed by atoms with Crippen molar-refractivity contribution < 1.29 is 14.3 Å². The Kier molecular flexibility index (Phi) is 4.52. The van der Waals surface area contributed by atoms with Gasteiger partial charge in [0.15, 0.2) is 11.5 Å². The van der Waals surface area contributed by atoms with Crippen molar-refractivity contribution in [2.24, 2.45) is 5.10 Å². The molecule has 27 heavy (non-hydrogen) atoms. The van der Waals surface area contributed by atoms with Gasteiger partial charge in [0.05, 0.1) is 23.2 Å². The number of hydrogen-bond acceptors (Lipinski definition) is 5. The molecule has 0 unspecified atom stereocenters. The molecule has 1 aliphatic rings. The van der Waals surface area contributed by atoms with Crippen LogP contribution in [0.2, 0.25) is 5.15 Å². The molecular weight excluding hydrogens is 368 g/mol. The standard InChI is InChI=1S/C19H15ClN4O3/c1-12-15(18(20)24(23-12)14-5-3-2-4-6-14)10-21-22-19(25)13-7-8-16-17(9-13)27-11-26-16/h2-10H,11H2,1H3,(H,22,25)/b21-10+. The van der Waals surface area contributed by atoms with Crippen molar-refractivity contribution in [3.05, 3.63) is 70.5 Å². The van der Waals surface area contributed by atoms with Gasteiger partial charge in [0.25, 0.3) is 5.91 Å². The number of nitrogens with one attached hydrogen (secondary N) is 1. The number of carbonyl (C=O) groups excluding carboxylic acids is 1. The summed E-state index contributed by atoms with van der Waals surface area (Å²) in [7, 11) is 0. The topological polar surface area (TPSA) is 77.7 Å². The third kappa shape index (κ3) is 3.37. The third-order valence-corrected chi connectivity index (χ3v) is 4.41. The second kappa shape index (κ2) is 7.13. The molecule has 1 amide bonds. The molecule has 0 atom stereocenters. The van der Waals surface area contributed by atoms with Gasteiger partial charge in [-0.05, 0) is 37.3 Å². The normalized spacial score (nSPS) is 12.5. The smallest absolute Gasteiger partial charge is 0.271 e. The van der Waals surface area contributed by atoms with E-state index in [4.69, 9.17) is 21.1 Å². The zero-order chi connectivity index (χ0) is 18.8. The number of para-hydroxylation sites is 1. The molecule has 1 aromatic heterocycles. The maximum absolute atomic E-state index is 12.3. The fraction of sp³-hybridized carbons (Fsp3) is 0.105. The summed E-state index contributed by atoms with van der Waals surface area (Å²) in [6, 6.07) is 14.5. The summed E-state index contributed by atoms with van der Waals surface area (Å²) in [4.78, 5) is 12.3. The van der Waals surface area contributed by atoms with Gasteiger partial charge in [0.2, 0.25) is 6.79 Å². The number of amides is 1. The maximum Gasteiger partial charge on any atom is 0.271 e. The summed E-state index contributed by atoms with van der Waals surface area (Å²) in [5.74, 6) is 0.786. The summed E-state index contributed by atoms with van der Waals surface area (Å²) in [5, 5.41) is 8.85. The minimum Gasteiger partial charge on any atom is -0.454 e. The van der Waals surface area contributed by atoms with Crippen molar-refractivity contribution in [3.63, 3.8) is 0 Å². The predicted octanol–water partition coefficient (Wildman–Crippen LogP) is 3.33. The molecule has 3 aromatic rings. The minimum atomic E-state index is -0.367. The van der Waals surface area contributed by atoms with Gasteiger partial charge in [-0.3, -0.25) is 4.79 Å². The van der Waals surface area contributed by atoms with Crippen molar-refractivity contribution in [3.8, 4) is 17.2 Å². The Hall–Kier alpha value is -3.32. The number of hydrogen-bond donors (Lipinski definition) is 1. The summed E-state index contributed by atoms with van der Waals surface area (Å²) >= 11 is 6.43. The Bertz CT molecular complexity index is 1030. The van der Waals surface area contributed by atoms with E-state index in [9.17, 15) is 4.79 Å². The van der Waals surface area contributed by atoms with Crippen LogP contribution in [-0.2, 0) is 0 Å². The highest BCUT2D eigenvalue weighted by atomic mass is 35.5. The van der Waals surface area contributed by atoms with Crippen molar-refractivity contribution in [2.75, 3.05) is 6.79 Å². The van der Waals surface area contributed by atoms with E-state index in [1.165, 1.54) is 6.21 Å². The summed E-state index contributed by atoms with van der Waals surface area (Å²) in [6.45, 7) is 1.98. The summed E-state index contributed by atoms with van der Waals surface area (Å²) in [6.07, 6.45) is 1.48. The lowest BCUT2D eigenvalue weighted by atomic mass is 10.2. The molecule has 0 radical (unpaired) electrons. The van der Waals surface area contributed by atoms with Gasteiger partial charge in [-0.25, -0.2) is 10.1 Å². The lowest BCUT2D eigenvalue weighted by Crippen LogP contribution is -2.17. The van der Waals surface area contributed by atoms with Crippen LogP contribution < -0.4 is 14.9 Å². The number of rotatable bonds is 4. The molecule has 0 fully saturated rings. The molecule has 1 N–H and O–H groups in total. The first-order valence-electron chi connectivity index (χ1n) is 8.17. The second-order valence-corrected chi connectivity index (χ2v) is 6.16. The van der Waals surface area contributed by atoms with Crippen molar-refractivity contribution in [1.82, 2.24) is 15.2 Å². The molecule has 2 aromatic carbocycles. The average Bonchev–Trinajstić information content (AvgIpc) is 3.27. The van der Waals surface area contributed by atoms with Gasteiger partial charge in [-0.15, -0.1) is 0 Å². The molecular formula is C19H15ClN4O3. The van der Waals surface area contributed by atoms with E-state index in [-0.39, 0.29) is 12.7 Å². The Morgan fingerprint density at radius 1 is 1.22 bits per heavy atom. The largest absolute Gasteiger partial charge is 0.454 e. The number of aryl methyl sites for hydroxylation is 1.